The van der Waals surface area contributed by atoms with Crippen LogP contribution in [0.4, 0.5) is 0 Å². The number of methoxy groups -OCH3 is 1. The van der Waals surface area contributed by atoms with Gasteiger partial charge in [0.05, 0.1) is 20.3 Å². The Labute approximate surface area is 108 Å². The van der Waals surface area contributed by atoms with Crippen molar-refractivity contribution < 1.29 is 18.4 Å². The first-order chi connectivity index (χ1) is 11.8. The van der Waals surface area contributed by atoms with E-state index in [1.807, 2.05) is 0 Å². The second-order valence-corrected chi connectivity index (χ2v) is 2.80. The van der Waals surface area contributed by atoms with Crippen LogP contribution in [0, 0.1) is 0 Å². The third-order valence-corrected chi connectivity index (χ3v) is 1.81. The van der Waals surface area contributed by atoms with Gasteiger partial charge in [0.2, 0.25) is 0 Å². The molecule has 0 unspecified atom stereocenters. The molecule has 2 rings (SSSR count). The lowest BCUT2D eigenvalue weighted by Gasteiger charge is -2.07. The minimum absolute atomic E-state index is 0.375. The molecule has 0 saturated heterocycles. The molecule has 1 aromatic heterocycles. The molecule has 3 nitrogen and oxygen atoms in total. The predicted molar refractivity (Wildman–Crippen MR) is 62.8 cm³/mol. The van der Waals surface area contributed by atoms with Gasteiger partial charge in [0.15, 0.2) is 0 Å². The summed E-state index contributed by atoms with van der Waals surface area (Å²) in [5, 5.41) is 0. The molecule has 1 aromatic carbocycles. The number of ether oxygens (including phenoxy) is 1. The lowest BCUT2D eigenvalue weighted by molar-refractivity contribution is 0.184. The quantitative estimate of drug-likeness (QED) is 0.800. The van der Waals surface area contributed by atoms with Gasteiger partial charge < -0.3 is 4.74 Å². The molecule has 0 bridgehead atoms. The lowest BCUT2D eigenvalue weighted by atomic mass is 10.2. The topological polar surface area (TPSA) is 31.2 Å². The van der Waals surface area contributed by atoms with Crippen LogP contribution in [0.5, 0.6) is 0 Å². The fourth-order valence-corrected chi connectivity index (χ4v) is 1.15. The Bertz CT molecular complexity index is 889. The van der Waals surface area contributed by atoms with Gasteiger partial charge in [0.1, 0.15) is 0 Å². The highest BCUT2D eigenvalue weighted by atomic mass is 16.5. The number of pyridine rings is 1. The molecule has 0 aliphatic carbocycles. The molecule has 0 N–H and O–H groups in total. The standard InChI is InChI=1S/C13H13NO2/c1-16-10-11-7-8-13(15)14(9-11)12-5-3-2-4-6-12/h2-9H,10H2,1H3/i1D3,2D,3D,4D,5D,6D,10D2. The second-order valence-electron chi connectivity index (χ2n) is 2.80. The summed E-state index contributed by atoms with van der Waals surface area (Å²) in [6.45, 7) is -2.81. The van der Waals surface area contributed by atoms with Crippen LogP contribution < -0.4 is 5.56 Å². The molecule has 0 fully saturated rings. The molecule has 1 heterocycles. The van der Waals surface area contributed by atoms with Gasteiger partial charge in [0, 0.05) is 25.0 Å². The van der Waals surface area contributed by atoms with Crippen molar-refractivity contribution in [2.75, 3.05) is 7.04 Å². The third-order valence-electron chi connectivity index (χ3n) is 1.81. The van der Waals surface area contributed by atoms with Crippen LogP contribution in [0.15, 0.2) is 53.3 Å². The van der Waals surface area contributed by atoms with E-state index in [1.165, 1.54) is 0 Å². The molecule has 0 radical (unpaired) electrons. The van der Waals surface area contributed by atoms with Crippen LogP contribution in [0.3, 0.4) is 0 Å². The summed E-state index contributed by atoms with van der Waals surface area (Å²) >= 11 is 0. The van der Waals surface area contributed by atoms with Crippen LogP contribution in [0.2, 0.25) is 0 Å². The zero-order valence-electron chi connectivity index (χ0n) is 18.0. The Kier molecular flexibility index (Phi) is 1.15. The average Bonchev–Trinajstić information content (AvgIpc) is 2.50. The summed E-state index contributed by atoms with van der Waals surface area (Å²) in [5.41, 5.74) is -1.65. The van der Waals surface area contributed by atoms with E-state index in [0.29, 0.717) is 4.57 Å². The Morgan fingerprint density at radius 1 is 1.44 bits per heavy atom. The van der Waals surface area contributed by atoms with Crippen LogP contribution in [0.25, 0.3) is 5.69 Å². The minimum atomic E-state index is -3.05. The van der Waals surface area contributed by atoms with E-state index in [9.17, 15) is 4.79 Å². The van der Waals surface area contributed by atoms with E-state index < -0.39 is 55.1 Å². The van der Waals surface area contributed by atoms with Gasteiger partial charge in [-0.3, -0.25) is 9.36 Å². The Morgan fingerprint density at radius 2 is 2.25 bits per heavy atom. The van der Waals surface area contributed by atoms with E-state index in [2.05, 4.69) is 4.74 Å². The zero-order valence-corrected chi connectivity index (χ0v) is 8.00. The first-order valence-electron chi connectivity index (χ1n) is 9.27. The number of nitrogens with zero attached hydrogens (tertiary/aromatic N) is 1. The molecule has 0 saturated carbocycles. The van der Waals surface area contributed by atoms with Crippen molar-refractivity contribution in [3.05, 3.63) is 64.5 Å². The lowest BCUT2D eigenvalue weighted by Crippen LogP contribution is -2.17. The molecule has 0 amide bonds. The number of benzene rings is 1. The monoisotopic (exact) mass is 225 g/mol. The molecule has 82 valence electrons. The number of rotatable bonds is 3. The zero-order chi connectivity index (χ0) is 20.0. The van der Waals surface area contributed by atoms with Gasteiger partial charge in [-0.15, -0.1) is 0 Å². The van der Waals surface area contributed by atoms with E-state index in [-0.39, 0.29) is 5.56 Å². The van der Waals surface area contributed by atoms with Crippen molar-refractivity contribution in [3.8, 4) is 5.69 Å². The van der Waals surface area contributed by atoms with Crippen LogP contribution >= 0.6 is 0 Å². The Hall–Kier alpha value is -1.87. The average molecular weight is 225 g/mol. The summed E-state index contributed by atoms with van der Waals surface area (Å²) in [5.74, 6) is 0. The van der Waals surface area contributed by atoms with Gasteiger partial charge >= 0.3 is 0 Å². The molecule has 0 aliphatic heterocycles. The minimum Gasteiger partial charge on any atom is -0.380 e. The van der Waals surface area contributed by atoms with Crippen molar-refractivity contribution in [2.24, 2.45) is 0 Å². The van der Waals surface area contributed by atoms with Crippen molar-refractivity contribution in [1.29, 1.82) is 0 Å². The molecule has 16 heavy (non-hydrogen) atoms. The van der Waals surface area contributed by atoms with Crippen molar-refractivity contribution in [1.82, 2.24) is 4.57 Å². The van der Waals surface area contributed by atoms with Crippen molar-refractivity contribution >= 4 is 0 Å². The van der Waals surface area contributed by atoms with Crippen LogP contribution in [-0.4, -0.2) is 11.6 Å². The van der Waals surface area contributed by atoms with Gasteiger partial charge in [0.25, 0.3) is 5.56 Å². The number of hydrogen-bond acceptors (Lipinski definition) is 2. The van der Waals surface area contributed by atoms with Gasteiger partial charge in [-0.1, -0.05) is 18.1 Å². The van der Waals surface area contributed by atoms with Crippen molar-refractivity contribution in [2.45, 2.75) is 6.56 Å². The van der Waals surface area contributed by atoms with Crippen molar-refractivity contribution in [3.63, 3.8) is 0 Å². The summed E-state index contributed by atoms with van der Waals surface area (Å²) < 4.78 is 80.3. The largest absolute Gasteiger partial charge is 0.380 e. The molecule has 3 heteroatoms. The molecule has 2 aromatic rings. The molecule has 0 aliphatic rings. The molecule has 0 spiro atoms. The summed E-state index contributed by atoms with van der Waals surface area (Å²) in [6.07, 6.45) is 0.849. The highest BCUT2D eigenvalue weighted by Gasteiger charge is 2.00. The Morgan fingerprint density at radius 3 is 3.00 bits per heavy atom. The first-order valence-corrected chi connectivity index (χ1v) is 4.27. The Balaban J connectivity index is 2.73. The van der Waals surface area contributed by atoms with Gasteiger partial charge in [-0.25, -0.2) is 0 Å². The summed E-state index contributed by atoms with van der Waals surface area (Å²) in [7, 11) is -3.05. The summed E-state index contributed by atoms with van der Waals surface area (Å²) in [6, 6.07) is -1.41. The van der Waals surface area contributed by atoms with E-state index in [1.54, 1.807) is 0 Å². The highest BCUT2D eigenvalue weighted by Crippen LogP contribution is 2.06. The van der Waals surface area contributed by atoms with Gasteiger partial charge in [-0.2, -0.15) is 0 Å². The molecule has 0 atom stereocenters. The maximum absolute atomic E-state index is 12.1. The summed E-state index contributed by atoms with van der Waals surface area (Å²) in [4.78, 5) is 12.1. The van der Waals surface area contributed by atoms with E-state index >= 15 is 0 Å². The normalized spacial score (nSPS) is 21.0. The predicted octanol–water partition coefficient (Wildman–Crippen LogP) is 1.98. The molecular weight excluding hydrogens is 202 g/mol. The highest BCUT2D eigenvalue weighted by molar-refractivity contribution is 5.32. The fraction of sp³-hybridized carbons (Fsp3) is 0.154. The van der Waals surface area contributed by atoms with E-state index in [0.717, 1.165) is 18.3 Å². The van der Waals surface area contributed by atoms with E-state index in [4.69, 9.17) is 13.7 Å². The molecular formula is C13H13NO2. The number of hydrogen-bond donors (Lipinski definition) is 0. The SMILES string of the molecule is [2H]c1c([2H])c([2H])c(-n2cc(C([2H])([2H])OC([2H])([2H])[2H])ccc2=O)c([2H])c1[2H]. The maximum atomic E-state index is 12.1. The van der Waals surface area contributed by atoms with Crippen LogP contribution in [0.1, 0.15) is 19.3 Å². The number of para-hydroxylation sites is 1. The fourth-order valence-electron chi connectivity index (χ4n) is 1.15. The smallest absolute Gasteiger partial charge is 0.255 e. The van der Waals surface area contributed by atoms with Crippen LogP contribution in [-0.2, 0) is 11.3 Å². The second kappa shape index (κ2) is 4.77. The maximum Gasteiger partial charge on any atom is 0.255 e. The third kappa shape index (κ3) is 2.20. The first kappa shape index (κ1) is 3.86. The number of aromatic nitrogens is 1. The van der Waals surface area contributed by atoms with Gasteiger partial charge in [-0.05, 0) is 23.7 Å².